The largest absolute Gasteiger partial charge is 0.444 e. The molecular weight excluding hydrogens is 264 g/mol. The molecule has 0 spiro atoms. The highest BCUT2D eigenvalue weighted by molar-refractivity contribution is 5.67. The van der Waals surface area contributed by atoms with Crippen molar-refractivity contribution in [3.63, 3.8) is 0 Å². The van der Waals surface area contributed by atoms with Crippen LogP contribution in [0, 0.1) is 13.8 Å². The van der Waals surface area contributed by atoms with Crippen LogP contribution in [0.15, 0.2) is 18.2 Å². The lowest BCUT2D eigenvalue weighted by molar-refractivity contribution is 0.0529. The number of carbonyl (C=O) groups is 1. The van der Waals surface area contributed by atoms with Crippen molar-refractivity contribution < 1.29 is 9.53 Å². The molecule has 0 aliphatic rings. The topological polar surface area (TPSA) is 64.3 Å². The summed E-state index contributed by atoms with van der Waals surface area (Å²) < 4.78 is 5.17. The first-order valence-electron chi connectivity index (χ1n) is 7.19. The molecule has 0 aliphatic carbocycles. The maximum absolute atomic E-state index is 11.5. The molecule has 0 bridgehead atoms. The Labute approximate surface area is 127 Å². The standard InChI is InChI=1S/C17H26N2O2/c1-12-10-14(18)11-13(2)15(12)8-6-7-9-19-16(20)21-17(3,4)5/h6,8,10-11H,7,9,18H2,1-5H3,(H,19,20). The Morgan fingerprint density at radius 1 is 1.29 bits per heavy atom. The average Bonchev–Trinajstić information content (AvgIpc) is 2.29. The van der Waals surface area contributed by atoms with E-state index in [1.165, 1.54) is 5.56 Å². The molecule has 0 atom stereocenters. The zero-order chi connectivity index (χ0) is 16.0. The molecule has 0 saturated heterocycles. The molecule has 0 saturated carbocycles. The molecule has 0 radical (unpaired) electrons. The van der Waals surface area contributed by atoms with E-state index in [1.807, 2.05) is 52.8 Å². The fourth-order valence-corrected chi connectivity index (χ4v) is 2.04. The second kappa shape index (κ2) is 7.16. The number of hydrogen-bond acceptors (Lipinski definition) is 3. The molecule has 1 amide bonds. The fraction of sp³-hybridized carbons (Fsp3) is 0.471. The van der Waals surface area contributed by atoms with Crippen LogP contribution in [-0.4, -0.2) is 18.2 Å². The number of rotatable bonds is 4. The first-order chi connectivity index (χ1) is 9.69. The molecule has 0 heterocycles. The van der Waals surface area contributed by atoms with Gasteiger partial charge in [0.2, 0.25) is 0 Å². The Bertz CT molecular complexity index is 505. The van der Waals surface area contributed by atoms with E-state index >= 15 is 0 Å². The lowest BCUT2D eigenvalue weighted by atomic mass is 10.0. The van der Waals surface area contributed by atoms with Gasteiger partial charge in [-0.1, -0.05) is 12.2 Å². The van der Waals surface area contributed by atoms with Crippen molar-refractivity contribution in [2.75, 3.05) is 12.3 Å². The highest BCUT2D eigenvalue weighted by atomic mass is 16.6. The predicted octanol–water partition coefficient (Wildman–Crippen LogP) is 3.81. The van der Waals surface area contributed by atoms with Gasteiger partial charge in [-0.25, -0.2) is 4.79 Å². The first-order valence-corrected chi connectivity index (χ1v) is 7.19. The van der Waals surface area contributed by atoms with E-state index in [4.69, 9.17) is 10.5 Å². The number of nitrogens with one attached hydrogen (secondary N) is 1. The van der Waals surface area contributed by atoms with Crippen LogP contribution in [0.25, 0.3) is 6.08 Å². The summed E-state index contributed by atoms with van der Waals surface area (Å²) in [5.41, 5.74) is 9.62. The third-order valence-corrected chi connectivity index (χ3v) is 2.88. The number of alkyl carbamates (subject to hydrolysis) is 1. The monoisotopic (exact) mass is 290 g/mol. The van der Waals surface area contributed by atoms with Gasteiger partial charge in [0, 0.05) is 12.2 Å². The van der Waals surface area contributed by atoms with Crippen molar-refractivity contribution in [3.05, 3.63) is 34.9 Å². The molecule has 4 nitrogen and oxygen atoms in total. The molecule has 0 unspecified atom stereocenters. The summed E-state index contributed by atoms with van der Waals surface area (Å²) in [7, 11) is 0. The molecule has 116 valence electrons. The van der Waals surface area contributed by atoms with Gasteiger partial charge >= 0.3 is 6.09 Å². The molecular formula is C17H26N2O2. The van der Waals surface area contributed by atoms with Gasteiger partial charge in [0.15, 0.2) is 0 Å². The van der Waals surface area contributed by atoms with Gasteiger partial charge < -0.3 is 15.8 Å². The summed E-state index contributed by atoms with van der Waals surface area (Å²) in [6.07, 6.45) is 4.49. The van der Waals surface area contributed by atoms with E-state index in [2.05, 4.69) is 11.4 Å². The highest BCUT2D eigenvalue weighted by Gasteiger charge is 2.15. The van der Waals surface area contributed by atoms with Gasteiger partial charge in [-0.3, -0.25) is 0 Å². The summed E-state index contributed by atoms with van der Waals surface area (Å²) in [6, 6.07) is 3.93. The minimum atomic E-state index is -0.460. The number of nitrogens with two attached hydrogens (primary N) is 1. The van der Waals surface area contributed by atoms with Crippen LogP contribution in [0.2, 0.25) is 0 Å². The van der Waals surface area contributed by atoms with Gasteiger partial charge in [-0.2, -0.15) is 0 Å². The van der Waals surface area contributed by atoms with E-state index in [0.29, 0.717) is 6.54 Å². The van der Waals surface area contributed by atoms with Crippen molar-refractivity contribution in [2.45, 2.75) is 46.6 Å². The molecule has 0 aromatic heterocycles. The Morgan fingerprint density at radius 2 is 1.86 bits per heavy atom. The number of ether oxygens (including phenoxy) is 1. The van der Waals surface area contributed by atoms with Crippen LogP contribution < -0.4 is 11.1 Å². The third-order valence-electron chi connectivity index (χ3n) is 2.88. The van der Waals surface area contributed by atoms with Crippen molar-refractivity contribution in [3.8, 4) is 0 Å². The van der Waals surface area contributed by atoms with Gasteiger partial charge in [-0.15, -0.1) is 0 Å². The van der Waals surface area contributed by atoms with Gasteiger partial charge in [-0.05, 0) is 69.9 Å². The van der Waals surface area contributed by atoms with Crippen LogP contribution in [0.1, 0.15) is 43.9 Å². The van der Waals surface area contributed by atoms with E-state index in [-0.39, 0.29) is 6.09 Å². The van der Waals surface area contributed by atoms with Gasteiger partial charge in [0.1, 0.15) is 5.60 Å². The Morgan fingerprint density at radius 3 is 2.38 bits per heavy atom. The minimum absolute atomic E-state index is 0.379. The predicted molar refractivity (Wildman–Crippen MR) is 88.2 cm³/mol. The van der Waals surface area contributed by atoms with Crippen molar-refractivity contribution >= 4 is 17.9 Å². The first kappa shape index (κ1) is 17.1. The summed E-state index contributed by atoms with van der Waals surface area (Å²) in [5.74, 6) is 0. The number of aryl methyl sites for hydroxylation is 2. The lowest BCUT2D eigenvalue weighted by Crippen LogP contribution is -2.32. The van der Waals surface area contributed by atoms with Gasteiger partial charge in [0.05, 0.1) is 0 Å². The second-order valence-corrected chi connectivity index (χ2v) is 6.19. The number of amides is 1. The molecule has 4 heteroatoms. The zero-order valence-corrected chi connectivity index (χ0v) is 13.6. The average molecular weight is 290 g/mol. The summed E-state index contributed by atoms with van der Waals surface area (Å²) in [6.45, 7) is 10.2. The summed E-state index contributed by atoms with van der Waals surface area (Å²) in [4.78, 5) is 11.5. The zero-order valence-electron chi connectivity index (χ0n) is 13.6. The molecule has 3 N–H and O–H groups in total. The second-order valence-electron chi connectivity index (χ2n) is 6.19. The van der Waals surface area contributed by atoms with Crippen LogP contribution in [0.5, 0.6) is 0 Å². The highest BCUT2D eigenvalue weighted by Crippen LogP contribution is 2.19. The fourth-order valence-electron chi connectivity index (χ4n) is 2.04. The minimum Gasteiger partial charge on any atom is -0.444 e. The lowest BCUT2D eigenvalue weighted by Gasteiger charge is -2.19. The van der Waals surface area contributed by atoms with Crippen molar-refractivity contribution in [1.29, 1.82) is 0 Å². The van der Waals surface area contributed by atoms with Gasteiger partial charge in [0.25, 0.3) is 0 Å². The molecule has 21 heavy (non-hydrogen) atoms. The maximum atomic E-state index is 11.5. The quantitative estimate of drug-likeness (QED) is 0.654. The van der Waals surface area contributed by atoms with E-state index in [1.54, 1.807) is 0 Å². The summed E-state index contributed by atoms with van der Waals surface area (Å²) in [5, 5.41) is 2.73. The normalized spacial score (nSPS) is 11.7. The molecule has 1 aromatic carbocycles. The Balaban J connectivity index is 2.45. The van der Waals surface area contributed by atoms with E-state index in [0.717, 1.165) is 23.2 Å². The van der Waals surface area contributed by atoms with Crippen LogP contribution >= 0.6 is 0 Å². The van der Waals surface area contributed by atoms with Crippen LogP contribution in [0.4, 0.5) is 10.5 Å². The van der Waals surface area contributed by atoms with E-state index in [9.17, 15) is 4.79 Å². The number of benzene rings is 1. The van der Waals surface area contributed by atoms with Crippen LogP contribution in [-0.2, 0) is 4.74 Å². The molecule has 1 rings (SSSR count). The molecule has 1 aromatic rings. The van der Waals surface area contributed by atoms with Crippen LogP contribution in [0.3, 0.4) is 0 Å². The Kier molecular flexibility index (Phi) is 5.82. The molecule has 0 aliphatic heterocycles. The maximum Gasteiger partial charge on any atom is 0.407 e. The number of carbonyl (C=O) groups excluding carboxylic acids is 1. The Hall–Kier alpha value is -1.97. The van der Waals surface area contributed by atoms with Crippen molar-refractivity contribution in [2.24, 2.45) is 0 Å². The van der Waals surface area contributed by atoms with E-state index < -0.39 is 5.60 Å². The number of anilines is 1. The number of hydrogen-bond donors (Lipinski definition) is 2. The molecule has 0 fully saturated rings. The third kappa shape index (κ3) is 6.34. The summed E-state index contributed by atoms with van der Waals surface area (Å²) >= 11 is 0. The van der Waals surface area contributed by atoms with Crippen molar-refractivity contribution in [1.82, 2.24) is 5.32 Å². The SMILES string of the molecule is Cc1cc(N)cc(C)c1C=CCCNC(=O)OC(C)(C)C. The smallest absolute Gasteiger partial charge is 0.407 e. The number of nitrogen functional groups attached to an aromatic ring is 1.